The summed E-state index contributed by atoms with van der Waals surface area (Å²) in [5.41, 5.74) is 4.92. The molecule has 2 nitrogen and oxygen atoms in total. The van der Waals surface area contributed by atoms with Gasteiger partial charge in [0.15, 0.2) is 0 Å². The average Bonchev–Trinajstić information content (AvgIpc) is 2.27. The Balaban J connectivity index is 2.78. The zero-order valence-electron chi connectivity index (χ0n) is 11.3. The van der Waals surface area contributed by atoms with Gasteiger partial charge in [0, 0.05) is 12.4 Å². The number of hydrogen-bond acceptors (Lipinski definition) is 2. The van der Waals surface area contributed by atoms with E-state index in [2.05, 4.69) is 51.2 Å². The lowest BCUT2D eigenvalue weighted by Gasteiger charge is -2.14. The van der Waals surface area contributed by atoms with Gasteiger partial charge in [0.05, 0.1) is 5.52 Å². The van der Waals surface area contributed by atoms with Gasteiger partial charge in [0.1, 0.15) is 5.82 Å². The number of nitrogens with zero attached hydrogens (tertiary/aromatic N) is 1. The maximum Gasteiger partial charge on any atom is 0.129 e. The minimum absolute atomic E-state index is 0.482. The smallest absolute Gasteiger partial charge is 0.129 e. The van der Waals surface area contributed by atoms with Crippen LogP contribution in [0.25, 0.3) is 10.9 Å². The summed E-state index contributed by atoms with van der Waals surface area (Å²) in [5, 5.41) is 4.44. The summed E-state index contributed by atoms with van der Waals surface area (Å²) in [7, 11) is 1.93. The molecule has 0 unspecified atom stereocenters. The molecule has 17 heavy (non-hydrogen) atoms. The molecule has 1 heterocycles. The van der Waals surface area contributed by atoms with E-state index in [-0.39, 0.29) is 0 Å². The second-order valence-corrected chi connectivity index (χ2v) is 4.98. The van der Waals surface area contributed by atoms with Crippen molar-refractivity contribution < 1.29 is 0 Å². The molecule has 0 saturated carbocycles. The molecule has 0 aliphatic carbocycles. The van der Waals surface area contributed by atoms with Gasteiger partial charge >= 0.3 is 0 Å². The first-order valence-corrected chi connectivity index (χ1v) is 6.12. The summed E-state index contributed by atoms with van der Waals surface area (Å²) in [5.74, 6) is 1.48. The summed E-state index contributed by atoms with van der Waals surface area (Å²) >= 11 is 0. The summed E-state index contributed by atoms with van der Waals surface area (Å²) in [6, 6.07) is 6.66. The van der Waals surface area contributed by atoms with Crippen molar-refractivity contribution in [2.24, 2.45) is 0 Å². The van der Waals surface area contributed by atoms with Gasteiger partial charge in [-0.15, -0.1) is 0 Å². The van der Waals surface area contributed by atoms with E-state index in [1.165, 1.54) is 22.1 Å². The van der Waals surface area contributed by atoms with E-state index in [9.17, 15) is 0 Å². The Bertz CT molecular complexity index is 556. The van der Waals surface area contributed by atoms with Crippen LogP contribution in [0.3, 0.4) is 0 Å². The molecule has 0 amide bonds. The largest absolute Gasteiger partial charge is 0.373 e. The Morgan fingerprint density at radius 3 is 2.41 bits per heavy atom. The Hall–Kier alpha value is -1.57. The van der Waals surface area contributed by atoms with E-state index >= 15 is 0 Å². The van der Waals surface area contributed by atoms with Crippen LogP contribution in [0, 0.1) is 13.8 Å². The van der Waals surface area contributed by atoms with Gasteiger partial charge in [-0.1, -0.05) is 25.5 Å². The van der Waals surface area contributed by atoms with Crippen molar-refractivity contribution in [3.63, 3.8) is 0 Å². The van der Waals surface area contributed by atoms with Gasteiger partial charge in [0.25, 0.3) is 0 Å². The predicted molar refractivity (Wildman–Crippen MR) is 74.9 cm³/mol. The van der Waals surface area contributed by atoms with Crippen LogP contribution >= 0.6 is 0 Å². The first-order valence-electron chi connectivity index (χ1n) is 6.12. The molecule has 0 saturated heterocycles. The van der Waals surface area contributed by atoms with Crippen LogP contribution in [0.4, 0.5) is 5.82 Å². The van der Waals surface area contributed by atoms with Crippen molar-refractivity contribution in [1.29, 1.82) is 0 Å². The van der Waals surface area contributed by atoms with Crippen LogP contribution in [0.2, 0.25) is 0 Å². The van der Waals surface area contributed by atoms with E-state index in [1.807, 2.05) is 7.05 Å². The molecule has 0 spiro atoms. The normalized spacial score (nSPS) is 11.2. The fourth-order valence-corrected chi connectivity index (χ4v) is 2.31. The number of rotatable bonds is 2. The highest BCUT2D eigenvalue weighted by Gasteiger charge is 2.10. The number of fused-ring (bicyclic) bond motifs is 1. The van der Waals surface area contributed by atoms with E-state index in [1.54, 1.807) is 0 Å². The highest BCUT2D eigenvalue weighted by atomic mass is 15.0. The zero-order valence-corrected chi connectivity index (χ0v) is 11.3. The molecule has 2 rings (SSSR count). The highest BCUT2D eigenvalue weighted by Crippen LogP contribution is 2.28. The molecule has 1 aromatic carbocycles. The van der Waals surface area contributed by atoms with Crippen molar-refractivity contribution >= 4 is 16.7 Å². The summed E-state index contributed by atoms with van der Waals surface area (Å²) in [6.07, 6.45) is 0. The molecule has 2 heteroatoms. The average molecular weight is 228 g/mol. The predicted octanol–water partition coefficient (Wildman–Crippen LogP) is 4.02. The standard InChI is InChI=1S/C15H20N2/c1-9(2)13-8-12-7-10(3)6-11(4)14(12)17-15(13)16-5/h6-9H,1-5H3,(H,16,17). The number of aromatic nitrogens is 1. The van der Waals surface area contributed by atoms with Gasteiger partial charge in [-0.2, -0.15) is 0 Å². The Kier molecular flexibility index (Phi) is 3.05. The molecular weight excluding hydrogens is 208 g/mol. The molecule has 0 atom stereocenters. The fourth-order valence-electron chi connectivity index (χ4n) is 2.31. The van der Waals surface area contributed by atoms with Gasteiger partial charge in [0.2, 0.25) is 0 Å². The third kappa shape index (κ3) is 2.12. The molecule has 0 fully saturated rings. The van der Waals surface area contributed by atoms with Crippen LogP contribution in [0.5, 0.6) is 0 Å². The maximum absolute atomic E-state index is 4.74. The molecular formula is C15H20N2. The Morgan fingerprint density at radius 2 is 1.82 bits per heavy atom. The molecule has 0 aliphatic heterocycles. The number of benzene rings is 1. The number of nitrogens with one attached hydrogen (secondary N) is 1. The van der Waals surface area contributed by atoms with Crippen molar-refractivity contribution in [3.8, 4) is 0 Å². The molecule has 0 aliphatic rings. The van der Waals surface area contributed by atoms with Crippen molar-refractivity contribution in [2.75, 3.05) is 12.4 Å². The molecule has 2 aromatic rings. The van der Waals surface area contributed by atoms with Crippen molar-refractivity contribution in [2.45, 2.75) is 33.6 Å². The fraction of sp³-hybridized carbons (Fsp3) is 0.400. The van der Waals surface area contributed by atoms with Gasteiger partial charge in [-0.25, -0.2) is 4.98 Å². The second kappa shape index (κ2) is 4.36. The van der Waals surface area contributed by atoms with Crippen LogP contribution in [0.15, 0.2) is 18.2 Å². The quantitative estimate of drug-likeness (QED) is 0.839. The third-order valence-electron chi connectivity index (χ3n) is 3.14. The number of anilines is 1. The van der Waals surface area contributed by atoms with Crippen LogP contribution in [-0.2, 0) is 0 Å². The highest BCUT2D eigenvalue weighted by molar-refractivity contribution is 5.85. The molecule has 0 bridgehead atoms. The lowest BCUT2D eigenvalue weighted by atomic mass is 9.99. The minimum atomic E-state index is 0.482. The van der Waals surface area contributed by atoms with Crippen LogP contribution in [0.1, 0.15) is 36.5 Å². The summed E-state index contributed by atoms with van der Waals surface area (Å²) < 4.78 is 0. The number of pyridine rings is 1. The Labute approximate surface area is 103 Å². The van der Waals surface area contributed by atoms with Crippen LogP contribution in [-0.4, -0.2) is 12.0 Å². The number of aryl methyl sites for hydroxylation is 2. The lowest BCUT2D eigenvalue weighted by molar-refractivity contribution is 0.864. The summed E-state index contributed by atoms with van der Waals surface area (Å²) in [4.78, 5) is 4.74. The van der Waals surface area contributed by atoms with Crippen molar-refractivity contribution in [3.05, 3.63) is 34.9 Å². The molecule has 90 valence electrons. The lowest BCUT2D eigenvalue weighted by Crippen LogP contribution is -2.01. The van der Waals surface area contributed by atoms with Crippen LogP contribution < -0.4 is 5.32 Å². The third-order valence-corrected chi connectivity index (χ3v) is 3.14. The van der Waals surface area contributed by atoms with Gasteiger partial charge < -0.3 is 5.32 Å². The second-order valence-electron chi connectivity index (χ2n) is 4.98. The molecule has 0 radical (unpaired) electrons. The van der Waals surface area contributed by atoms with E-state index in [0.717, 1.165) is 11.3 Å². The van der Waals surface area contributed by atoms with E-state index in [4.69, 9.17) is 4.98 Å². The SMILES string of the molecule is CNc1nc2c(C)cc(C)cc2cc1C(C)C. The maximum atomic E-state index is 4.74. The number of hydrogen-bond donors (Lipinski definition) is 1. The topological polar surface area (TPSA) is 24.9 Å². The minimum Gasteiger partial charge on any atom is -0.373 e. The van der Waals surface area contributed by atoms with E-state index < -0.39 is 0 Å². The Morgan fingerprint density at radius 1 is 1.12 bits per heavy atom. The molecule has 1 aromatic heterocycles. The van der Waals surface area contributed by atoms with E-state index in [0.29, 0.717) is 5.92 Å². The molecule has 1 N–H and O–H groups in total. The zero-order chi connectivity index (χ0) is 12.6. The summed E-state index contributed by atoms with van der Waals surface area (Å²) in [6.45, 7) is 8.66. The first-order chi connectivity index (χ1) is 8.02. The monoisotopic (exact) mass is 228 g/mol. The van der Waals surface area contributed by atoms with Gasteiger partial charge in [-0.3, -0.25) is 0 Å². The first kappa shape index (κ1) is 11.9. The van der Waals surface area contributed by atoms with Gasteiger partial charge in [-0.05, 0) is 43.0 Å². The van der Waals surface area contributed by atoms with Crippen molar-refractivity contribution in [1.82, 2.24) is 4.98 Å².